The van der Waals surface area contributed by atoms with E-state index in [1.807, 2.05) is 13.0 Å². The molecule has 36 heavy (non-hydrogen) atoms. The normalized spacial score (nSPS) is 17.1. The van der Waals surface area contributed by atoms with Crippen LogP contribution in [0.2, 0.25) is 0 Å². The van der Waals surface area contributed by atoms with Crippen LogP contribution in [0.5, 0.6) is 11.5 Å². The van der Waals surface area contributed by atoms with Crippen molar-refractivity contribution in [3.05, 3.63) is 46.6 Å². The first-order valence-corrected chi connectivity index (χ1v) is 12.2. The minimum atomic E-state index is -1.01. The van der Waals surface area contributed by atoms with Crippen molar-refractivity contribution in [1.82, 2.24) is 0 Å². The summed E-state index contributed by atoms with van der Waals surface area (Å²) in [6.45, 7) is 10.5. The summed E-state index contributed by atoms with van der Waals surface area (Å²) >= 11 is 0. The number of aryl methyl sites for hydroxylation is 1. The van der Waals surface area contributed by atoms with Gasteiger partial charge in [0.1, 0.15) is 11.3 Å². The van der Waals surface area contributed by atoms with Crippen LogP contribution in [0.25, 0.3) is 0 Å². The number of methoxy groups -OCH3 is 1. The average molecular weight is 501 g/mol. The van der Waals surface area contributed by atoms with Gasteiger partial charge in [0, 0.05) is 25.3 Å². The second-order valence-corrected chi connectivity index (χ2v) is 9.20. The Morgan fingerprint density at radius 1 is 1.11 bits per heavy atom. The van der Waals surface area contributed by atoms with Gasteiger partial charge in [-0.05, 0) is 50.2 Å². The lowest BCUT2D eigenvalue weighted by molar-refractivity contribution is -0.136. The number of rotatable bonds is 11. The number of hydrogen-bond donors (Lipinski definition) is 1. The van der Waals surface area contributed by atoms with Crippen LogP contribution in [0, 0.1) is 5.92 Å². The third-order valence-corrected chi connectivity index (χ3v) is 6.29. The molecule has 196 valence electrons. The number of carboxylic acid groups (broad SMARTS) is 1. The number of allylic oxidation sites excluding steroid dienone is 2. The van der Waals surface area contributed by atoms with Gasteiger partial charge in [-0.1, -0.05) is 43.6 Å². The summed E-state index contributed by atoms with van der Waals surface area (Å²) in [5.41, 5.74) is 2.51. The first-order valence-electron chi connectivity index (χ1n) is 12.2. The Morgan fingerprint density at radius 2 is 1.78 bits per heavy atom. The van der Waals surface area contributed by atoms with Crippen LogP contribution < -0.4 is 9.47 Å². The van der Waals surface area contributed by atoms with E-state index in [0.717, 1.165) is 31.3 Å². The van der Waals surface area contributed by atoms with Crippen molar-refractivity contribution in [1.29, 1.82) is 0 Å². The number of carboxylic acids is 1. The first kappa shape index (κ1) is 28.8. The number of hydrogen-bond acceptors (Lipinski definition) is 7. The third kappa shape index (κ3) is 7.29. The fourth-order valence-electron chi connectivity index (χ4n) is 4.73. The summed E-state index contributed by atoms with van der Waals surface area (Å²) in [6, 6.07) is 1.64. The van der Waals surface area contributed by atoms with Gasteiger partial charge in [0.25, 0.3) is 0 Å². The highest BCUT2D eigenvalue weighted by Gasteiger charge is 2.36. The Morgan fingerprint density at radius 3 is 2.33 bits per heavy atom. The molecule has 0 aromatic heterocycles. The Labute approximate surface area is 212 Å². The zero-order valence-electron chi connectivity index (χ0n) is 21.8. The van der Waals surface area contributed by atoms with Crippen molar-refractivity contribution in [2.24, 2.45) is 5.92 Å². The maximum atomic E-state index is 13.0. The Kier molecular flexibility index (Phi) is 10.4. The number of carbonyl (C=O) groups excluding carboxylic acids is 3. The predicted molar refractivity (Wildman–Crippen MR) is 134 cm³/mol. The zero-order chi connectivity index (χ0) is 27.0. The lowest BCUT2D eigenvalue weighted by atomic mass is 9.72. The molecule has 0 heterocycles. The highest BCUT2D eigenvalue weighted by molar-refractivity contribution is 5.96. The zero-order valence-corrected chi connectivity index (χ0v) is 21.8. The van der Waals surface area contributed by atoms with Gasteiger partial charge in [-0.2, -0.15) is 0 Å². The molecular formula is C28H36O8. The van der Waals surface area contributed by atoms with Gasteiger partial charge in [-0.15, -0.1) is 0 Å². The maximum Gasteiger partial charge on any atom is 0.341 e. The largest absolute Gasteiger partial charge is 0.481 e. The molecule has 1 aliphatic rings. The monoisotopic (exact) mass is 500 g/mol. The molecule has 0 radical (unpaired) electrons. The maximum absolute atomic E-state index is 13.0. The minimum absolute atomic E-state index is 0.0244. The standard InChI is InChI=1S/C28H36O8/c1-7-8-9-10-20-15-23(35-18(4)29)26(27(36-19(5)30)25(20)28(33)34-6)22-13-16(2)11-12-21(22)17(3)14-24(31)32/h13,15,21-22H,3,7-12,14H2,1-2,4-6H3,(H,31,32). The number of ether oxygens (including phenoxy) is 3. The van der Waals surface area contributed by atoms with E-state index >= 15 is 0 Å². The lowest BCUT2D eigenvalue weighted by Gasteiger charge is -2.33. The summed E-state index contributed by atoms with van der Waals surface area (Å²) in [4.78, 5) is 48.9. The Hall–Kier alpha value is -3.42. The molecule has 1 aliphatic carbocycles. The lowest BCUT2D eigenvalue weighted by Crippen LogP contribution is -2.23. The van der Waals surface area contributed by atoms with Crippen LogP contribution in [0.15, 0.2) is 29.9 Å². The molecule has 0 saturated heterocycles. The SMILES string of the molecule is C=C(CC(=O)O)C1CCC(C)=CC1c1c(OC(C)=O)cc(CCCCC)c(C(=O)OC)c1OC(C)=O. The molecule has 1 aromatic rings. The molecule has 1 aromatic carbocycles. The second kappa shape index (κ2) is 13.0. The first-order chi connectivity index (χ1) is 17.0. The topological polar surface area (TPSA) is 116 Å². The highest BCUT2D eigenvalue weighted by atomic mass is 16.6. The molecule has 8 nitrogen and oxygen atoms in total. The molecule has 0 bridgehead atoms. The minimum Gasteiger partial charge on any atom is -0.481 e. The molecule has 2 rings (SSSR count). The number of aliphatic carboxylic acids is 1. The van der Waals surface area contributed by atoms with Gasteiger partial charge in [-0.25, -0.2) is 4.79 Å². The average Bonchev–Trinajstić information content (AvgIpc) is 2.77. The smallest absolute Gasteiger partial charge is 0.341 e. The summed E-state index contributed by atoms with van der Waals surface area (Å²) in [5.74, 6) is -3.65. The van der Waals surface area contributed by atoms with E-state index in [1.165, 1.54) is 21.0 Å². The van der Waals surface area contributed by atoms with Gasteiger partial charge in [-0.3, -0.25) is 14.4 Å². The molecule has 0 saturated carbocycles. The van der Waals surface area contributed by atoms with Gasteiger partial charge in [0.15, 0.2) is 5.75 Å². The van der Waals surface area contributed by atoms with Crippen LogP contribution in [0.4, 0.5) is 0 Å². The van der Waals surface area contributed by atoms with Crippen LogP contribution in [-0.2, 0) is 25.5 Å². The summed E-state index contributed by atoms with van der Waals surface area (Å²) < 4.78 is 16.4. The number of benzene rings is 1. The fraction of sp³-hybridized carbons (Fsp3) is 0.500. The van der Waals surface area contributed by atoms with E-state index in [1.54, 1.807) is 6.07 Å². The Bertz CT molecular complexity index is 1070. The van der Waals surface area contributed by atoms with Crippen LogP contribution in [0.1, 0.15) is 93.6 Å². The molecular weight excluding hydrogens is 464 g/mol. The molecule has 1 N–H and O–H groups in total. The highest BCUT2D eigenvalue weighted by Crippen LogP contribution is 2.49. The summed E-state index contributed by atoms with van der Waals surface area (Å²) in [7, 11) is 1.25. The summed E-state index contributed by atoms with van der Waals surface area (Å²) in [5, 5.41) is 9.38. The van der Waals surface area contributed by atoms with Gasteiger partial charge < -0.3 is 19.3 Å². The van der Waals surface area contributed by atoms with Gasteiger partial charge >= 0.3 is 23.9 Å². The molecule has 2 unspecified atom stereocenters. The van der Waals surface area contributed by atoms with Crippen LogP contribution in [-0.4, -0.2) is 36.1 Å². The number of unbranched alkanes of at least 4 members (excludes halogenated alkanes) is 2. The van der Waals surface area contributed by atoms with Crippen molar-refractivity contribution in [3.63, 3.8) is 0 Å². The van der Waals surface area contributed by atoms with Crippen LogP contribution >= 0.6 is 0 Å². The molecule has 0 amide bonds. The van der Waals surface area contributed by atoms with Crippen molar-refractivity contribution in [2.45, 2.75) is 78.6 Å². The predicted octanol–water partition coefficient (Wildman–Crippen LogP) is 5.53. The van der Waals surface area contributed by atoms with E-state index in [-0.39, 0.29) is 29.4 Å². The molecule has 0 fully saturated rings. The van der Waals surface area contributed by atoms with E-state index < -0.39 is 29.8 Å². The molecule has 8 heteroatoms. The molecule has 0 aliphatic heterocycles. The van der Waals surface area contributed by atoms with Crippen molar-refractivity contribution >= 4 is 23.9 Å². The van der Waals surface area contributed by atoms with Crippen LogP contribution in [0.3, 0.4) is 0 Å². The second-order valence-electron chi connectivity index (χ2n) is 9.20. The van der Waals surface area contributed by atoms with Crippen molar-refractivity contribution < 1.29 is 38.5 Å². The van der Waals surface area contributed by atoms with E-state index in [2.05, 4.69) is 13.5 Å². The van der Waals surface area contributed by atoms with E-state index in [4.69, 9.17) is 14.2 Å². The van der Waals surface area contributed by atoms with E-state index in [0.29, 0.717) is 29.5 Å². The third-order valence-electron chi connectivity index (χ3n) is 6.29. The van der Waals surface area contributed by atoms with Crippen molar-refractivity contribution in [2.75, 3.05) is 7.11 Å². The number of carbonyl (C=O) groups is 4. The van der Waals surface area contributed by atoms with Gasteiger partial charge in [0.2, 0.25) is 0 Å². The molecule has 2 atom stereocenters. The molecule has 0 spiro atoms. The Balaban J connectivity index is 2.92. The van der Waals surface area contributed by atoms with E-state index in [9.17, 15) is 24.3 Å². The number of esters is 3. The van der Waals surface area contributed by atoms with Crippen molar-refractivity contribution in [3.8, 4) is 11.5 Å². The fourth-order valence-corrected chi connectivity index (χ4v) is 4.73. The summed E-state index contributed by atoms with van der Waals surface area (Å²) in [6.07, 6.45) is 6.14. The van der Waals surface area contributed by atoms with Gasteiger partial charge in [0.05, 0.1) is 13.5 Å². The quantitative estimate of drug-likeness (QED) is 0.183.